The Labute approximate surface area is 92.8 Å². The lowest BCUT2D eigenvalue weighted by molar-refractivity contribution is -0.00105. The van der Waals surface area contributed by atoms with Crippen LogP contribution in [0.15, 0.2) is 0 Å². The number of rotatable bonds is 6. The summed E-state index contributed by atoms with van der Waals surface area (Å²) in [6.07, 6.45) is 2.93. The molecule has 0 aromatic heterocycles. The Morgan fingerprint density at radius 2 is 2.27 bits per heavy atom. The van der Waals surface area contributed by atoms with Crippen molar-refractivity contribution in [1.29, 1.82) is 0 Å². The first-order chi connectivity index (χ1) is 7.20. The van der Waals surface area contributed by atoms with Crippen molar-refractivity contribution in [2.24, 2.45) is 11.8 Å². The third kappa shape index (κ3) is 3.44. The molecule has 0 spiro atoms. The highest BCUT2D eigenvalue weighted by Crippen LogP contribution is 2.30. The quantitative estimate of drug-likeness (QED) is 0.736. The van der Waals surface area contributed by atoms with Gasteiger partial charge in [0.15, 0.2) is 0 Å². The Bertz CT molecular complexity index is 172. The summed E-state index contributed by atoms with van der Waals surface area (Å²) < 4.78 is 10.6. The second kappa shape index (κ2) is 6.46. The fourth-order valence-electron chi connectivity index (χ4n) is 2.37. The minimum Gasteiger partial charge on any atom is -0.392 e. The van der Waals surface area contributed by atoms with Crippen LogP contribution < -0.4 is 0 Å². The van der Waals surface area contributed by atoms with E-state index in [1.807, 2.05) is 0 Å². The van der Waals surface area contributed by atoms with Crippen molar-refractivity contribution < 1.29 is 14.6 Å². The number of ether oxygens (including phenoxy) is 2. The molecule has 0 aliphatic carbocycles. The molecule has 1 N–H and O–H groups in total. The summed E-state index contributed by atoms with van der Waals surface area (Å²) in [6.45, 7) is 5.74. The normalized spacial score (nSPS) is 30.4. The minimum absolute atomic E-state index is 0.243. The van der Waals surface area contributed by atoms with E-state index in [1.54, 1.807) is 7.11 Å². The molecule has 1 fully saturated rings. The van der Waals surface area contributed by atoms with Gasteiger partial charge >= 0.3 is 0 Å². The summed E-state index contributed by atoms with van der Waals surface area (Å²) in [5.41, 5.74) is 0. The first kappa shape index (κ1) is 12.9. The van der Waals surface area contributed by atoms with E-state index in [0.29, 0.717) is 11.8 Å². The lowest BCUT2D eigenvalue weighted by atomic mass is 9.85. The van der Waals surface area contributed by atoms with Crippen molar-refractivity contribution in [3.05, 3.63) is 0 Å². The maximum atomic E-state index is 10.2. The highest BCUT2D eigenvalue weighted by Gasteiger charge is 2.34. The average Bonchev–Trinajstić information content (AvgIpc) is 2.72. The van der Waals surface area contributed by atoms with Crippen LogP contribution in [0.4, 0.5) is 0 Å². The molecule has 1 saturated heterocycles. The molecule has 4 atom stereocenters. The van der Waals surface area contributed by atoms with Gasteiger partial charge in [0, 0.05) is 26.2 Å². The van der Waals surface area contributed by atoms with Crippen molar-refractivity contribution in [3.8, 4) is 0 Å². The number of aliphatic hydroxyl groups excluding tert-OH is 1. The third-order valence-corrected chi connectivity index (χ3v) is 3.46. The van der Waals surface area contributed by atoms with Crippen molar-refractivity contribution in [1.82, 2.24) is 0 Å². The smallest absolute Gasteiger partial charge is 0.0626 e. The maximum Gasteiger partial charge on any atom is 0.0626 e. The van der Waals surface area contributed by atoms with Crippen LogP contribution in [-0.4, -0.2) is 37.6 Å². The standard InChI is InChI=1S/C12H24O3/c1-4-11-10(6-8-15-11)12(13)9(2)5-7-14-3/h9-13H,4-8H2,1-3H3. The van der Waals surface area contributed by atoms with Crippen LogP contribution in [0.2, 0.25) is 0 Å². The van der Waals surface area contributed by atoms with E-state index >= 15 is 0 Å². The van der Waals surface area contributed by atoms with Crippen LogP contribution in [0.5, 0.6) is 0 Å². The average molecular weight is 216 g/mol. The van der Waals surface area contributed by atoms with Gasteiger partial charge in [-0.3, -0.25) is 0 Å². The van der Waals surface area contributed by atoms with Crippen molar-refractivity contribution in [2.45, 2.75) is 45.3 Å². The summed E-state index contributed by atoms with van der Waals surface area (Å²) in [5.74, 6) is 0.618. The zero-order valence-electron chi connectivity index (χ0n) is 10.1. The van der Waals surface area contributed by atoms with Crippen molar-refractivity contribution in [3.63, 3.8) is 0 Å². The molecule has 0 radical (unpaired) electrons. The summed E-state index contributed by atoms with van der Waals surface area (Å²) >= 11 is 0. The highest BCUT2D eigenvalue weighted by atomic mass is 16.5. The molecule has 1 heterocycles. The SMILES string of the molecule is CCC1OCCC1C(O)C(C)CCOC. The van der Waals surface area contributed by atoms with Gasteiger partial charge < -0.3 is 14.6 Å². The minimum atomic E-state index is -0.243. The number of methoxy groups -OCH3 is 1. The fraction of sp³-hybridized carbons (Fsp3) is 1.00. The van der Waals surface area contributed by atoms with Gasteiger partial charge in [-0.1, -0.05) is 13.8 Å². The van der Waals surface area contributed by atoms with Crippen molar-refractivity contribution >= 4 is 0 Å². The molecule has 3 heteroatoms. The Hall–Kier alpha value is -0.120. The van der Waals surface area contributed by atoms with E-state index in [0.717, 1.165) is 32.5 Å². The lowest BCUT2D eigenvalue weighted by Gasteiger charge is -2.27. The van der Waals surface area contributed by atoms with Gasteiger partial charge in [0.1, 0.15) is 0 Å². The molecular formula is C12H24O3. The van der Waals surface area contributed by atoms with Crippen LogP contribution in [0.1, 0.15) is 33.1 Å². The van der Waals surface area contributed by atoms with Gasteiger partial charge in [0.25, 0.3) is 0 Å². The number of hydrogen-bond donors (Lipinski definition) is 1. The Balaban J connectivity index is 2.40. The van der Waals surface area contributed by atoms with Crippen LogP contribution in [0.25, 0.3) is 0 Å². The van der Waals surface area contributed by atoms with E-state index in [9.17, 15) is 5.11 Å². The molecule has 90 valence electrons. The third-order valence-electron chi connectivity index (χ3n) is 3.46. The van der Waals surface area contributed by atoms with E-state index < -0.39 is 0 Å². The van der Waals surface area contributed by atoms with E-state index in [1.165, 1.54) is 0 Å². The monoisotopic (exact) mass is 216 g/mol. The highest BCUT2D eigenvalue weighted by molar-refractivity contribution is 4.83. The molecule has 4 unspecified atom stereocenters. The fourth-order valence-corrected chi connectivity index (χ4v) is 2.37. The van der Waals surface area contributed by atoms with Crippen molar-refractivity contribution in [2.75, 3.05) is 20.3 Å². The van der Waals surface area contributed by atoms with Crippen LogP contribution in [0, 0.1) is 11.8 Å². The second-order valence-corrected chi connectivity index (χ2v) is 4.52. The predicted molar refractivity (Wildman–Crippen MR) is 59.8 cm³/mol. The molecule has 0 aromatic carbocycles. The summed E-state index contributed by atoms with van der Waals surface area (Å²) in [5, 5.41) is 10.2. The molecule has 0 aromatic rings. The van der Waals surface area contributed by atoms with Gasteiger partial charge in [-0.05, 0) is 25.2 Å². The zero-order valence-corrected chi connectivity index (χ0v) is 10.1. The van der Waals surface area contributed by atoms with E-state index in [2.05, 4.69) is 13.8 Å². The summed E-state index contributed by atoms with van der Waals surface area (Å²) in [6, 6.07) is 0. The maximum absolute atomic E-state index is 10.2. The zero-order chi connectivity index (χ0) is 11.3. The molecule has 0 bridgehead atoms. The van der Waals surface area contributed by atoms with Gasteiger partial charge in [-0.15, -0.1) is 0 Å². The Kier molecular flexibility index (Phi) is 5.58. The first-order valence-electron chi connectivity index (χ1n) is 5.99. The number of hydrogen-bond acceptors (Lipinski definition) is 3. The van der Waals surface area contributed by atoms with Gasteiger partial charge in [0.05, 0.1) is 12.2 Å². The molecule has 0 saturated carbocycles. The summed E-state index contributed by atoms with van der Waals surface area (Å²) in [7, 11) is 1.70. The van der Waals surface area contributed by atoms with Crippen LogP contribution in [-0.2, 0) is 9.47 Å². The molecule has 1 aliphatic rings. The molecule has 1 aliphatic heterocycles. The molecule has 0 amide bonds. The molecule has 3 nitrogen and oxygen atoms in total. The van der Waals surface area contributed by atoms with Gasteiger partial charge in [-0.25, -0.2) is 0 Å². The topological polar surface area (TPSA) is 38.7 Å². The van der Waals surface area contributed by atoms with Gasteiger partial charge in [-0.2, -0.15) is 0 Å². The van der Waals surface area contributed by atoms with Crippen LogP contribution in [0.3, 0.4) is 0 Å². The predicted octanol–water partition coefficient (Wildman–Crippen LogP) is 1.83. The Morgan fingerprint density at radius 3 is 2.87 bits per heavy atom. The number of aliphatic hydroxyl groups is 1. The van der Waals surface area contributed by atoms with E-state index in [4.69, 9.17) is 9.47 Å². The first-order valence-corrected chi connectivity index (χ1v) is 5.99. The molecular weight excluding hydrogens is 192 g/mol. The largest absolute Gasteiger partial charge is 0.392 e. The molecule has 15 heavy (non-hydrogen) atoms. The summed E-state index contributed by atoms with van der Waals surface area (Å²) in [4.78, 5) is 0. The van der Waals surface area contributed by atoms with Crippen LogP contribution >= 0.6 is 0 Å². The molecule has 1 rings (SSSR count). The van der Waals surface area contributed by atoms with Gasteiger partial charge in [0.2, 0.25) is 0 Å². The second-order valence-electron chi connectivity index (χ2n) is 4.52. The lowest BCUT2D eigenvalue weighted by Crippen LogP contribution is -2.33. The Morgan fingerprint density at radius 1 is 1.53 bits per heavy atom. The van der Waals surface area contributed by atoms with E-state index in [-0.39, 0.29) is 12.2 Å².